The summed E-state index contributed by atoms with van der Waals surface area (Å²) in [6, 6.07) is 23.5. The van der Waals surface area contributed by atoms with E-state index in [1.165, 1.54) is 11.8 Å². The van der Waals surface area contributed by atoms with Gasteiger partial charge in [0, 0.05) is 16.6 Å². The van der Waals surface area contributed by atoms with Crippen LogP contribution in [-0.4, -0.2) is 39.7 Å². The highest BCUT2D eigenvalue weighted by molar-refractivity contribution is 9.10. The number of rotatable bonds is 7. The fourth-order valence-electron chi connectivity index (χ4n) is 3.52. The van der Waals surface area contributed by atoms with E-state index >= 15 is 0 Å². The molecule has 1 unspecified atom stereocenters. The van der Waals surface area contributed by atoms with Crippen molar-refractivity contribution in [1.82, 2.24) is 4.90 Å². The lowest BCUT2D eigenvalue weighted by atomic mass is 10.2. The first-order valence-corrected chi connectivity index (χ1v) is 13.0. The number of aliphatic imine (C=N–C) groups is 1. The normalized spacial score (nSPS) is 16.6. The lowest BCUT2D eigenvalue weighted by Crippen LogP contribution is -2.44. The highest BCUT2D eigenvalue weighted by Gasteiger charge is 2.36. The zero-order valence-corrected chi connectivity index (χ0v) is 21.9. The minimum atomic E-state index is -0.634. The second kappa shape index (κ2) is 12.0. The molecule has 1 N–H and O–H groups in total. The molecular weight excluding hydrogens is 542 g/mol. The maximum absolute atomic E-state index is 13.2. The summed E-state index contributed by atoms with van der Waals surface area (Å²) in [6.07, 6.45) is 0.0562. The minimum absolute atomic E-state index is 0.0562. The standard InChI is InChI=1S/C27H24BrN3O4S/c1-2-35-26(34)19-8-12-22(13-9-19)30-27-31(17-18-6-4-3-5-7-18)24(32)16-23(36-27)25(33)29-21-14-10-20(28)11-15-21/h3-15,23H,2,16-17H2,1H3,(H,29,33). The average molecular weight is 566 g/mol. The van der Waals surface area contributed by atoms with Gasteiger partial charge < -0.3 is 10.1 Å². The molecule has 184 valence electrons. The van der Waals surface area contributed by atoms with Crippen molar-refractivity contribution in [3.63, 3.8) is 0 Å². The number of esters is 1. The number of ether oxygens (including phenoxy) is 1. The van der Waals surface area contributed by atoms with Crippen LogP contribution in [0.5, 0.6) is 0 Å². The number of benzene rings is 3. The van der Waals surface area contributed by atoms with Crippen molar-refractivity contribution < 1.29 is 19.1 Å². The zero-order chi connectivity index (χ0) is 25.5. The van der Waals surface area contributed by atoms with Crippen molar-refractivity contribution in [3.8, 4) is 0 Å². The van der Waals surface area contributed by atoms with Gasteiger partial charge >= 0.3 is 5.97 Å². The topological polar surface area (TPSA) is 88.1 Å². The Bertz CT molecular complexity index is 1260. The van der Waals surface area contributed by atoms with Crippen molar-refractivity contribution in [1.29, 1.82) is 0 Å². The maximum atomic E-state index is 13.2. The van der Waals surface area contributed by atoms with E-state index in [0.29, 0.717) is 35.3 Å². The Labute approximate surface area is 222 Å². The number of nitrogens with zero attached hydrogens (tertiary/aromatic N) is 2. The first-order valence-electron chi connectivity index (χ1n) is 11.4. The molecule has 1 heterocycles. The molecular formula is C27H24BrN3O4S. The molecule has 1 aliphatic heterocycles. The van der Waals surface area contributed by atoms with E-state index < -0.39 is 11.2 Å². The molecule has 36 heavy (non-hydrogen) atoms. The minimum Gasteiger partial charge on any atom is -0.462 e. The largest absolute Gasteiger partial charge is 0.462 e. The molecule has 7 nitrogen and oxygen atoms in total. The predicted molar refractivity (Wildman–Crippen MR) is 145 cm³/mol. The molecule has 9 heteroatoms. The Hall–Kier alpha value is -3.43. The molecule has 0 spiro atoms. The number of amidine groups is 1. The van der Waals surface area contributed by atoms with Crippen molar-refractivity contribution >= 4 is 62.0 Å². The van der Waals surface area contributed by atoms with Crippen LogP contribution in [-0.2, 0) is 20.9 Å². The van der Waals surface area contributed by atoms with Crippen molar-refractivity contribution in [3.05, 3.63) is 94.5 Å². The van der Waals surface area contributed by atoms with Gasteiger partial charge in [-0.1, -0.05) is 58.0 Å². The number of anilines is 1. The number of amides is 2. The van der Waals surface area contributed by atoms with E-state index in [4.69, 9.17) is 9.73 Å². The van der Waals surface area contributed by atoms with Gasteiger partial charge in [-0.2, -0.15) is 0 Å². The number of nitrogens with one attached hydrogen (secondary N) is 1. The van der Waals surface area contributed by atoms with Crippen LogP contribution in [0.1, 0.15) is 29.3 Å². The molecule has 2 amide bonds. The monoisotopic (exact) mass is 565 g/mol. The molecule has 3 aromatic carbocycles. The van der Waals surface area contributed by atoms with Gasteiger partial charge in [0.25, 0.3) is 0 Å². The first kappa shape index (κ1) is 25.7. The SMILES string of the molecule is CCOC(=O)c1ccc(N=C2SC(C(=O)Nc3ccc(Br)cc3)CC(=O)N2Cc2ccccc2)cc1. The number of halogens is 1. The molecule has 1 saturated heterocycles. The molecule has 0 bridgehead atoms. The van der Waals surface area contributed by atoms with Gasteiger partial charge in [-0.3, -0.25) is 14.5 Å². The van der Waals surface area contributed by atoms with E-state index in [1.807, 2.05) is 42.5 Å². The quantitative estimate of drug-likeness (QED) is 0.366. The Morgan fingerprint density at radius 2 is 1.75 bits per heavy atom. The van der Waals surface area contributed by atoms with E-state index in [9.17, 15) is 14.4 Å². The number of carbonyl (C=O) groups excluding carboxylic acids is 3. The molecule has 1 aliphatic rings. The fourth-order valence-corrected chi connectivity index (χ4v) is 4.88. The molecule has 0 saturated carbocycles. The van der Waals surface area contributed by atoms with Gasteiger partial charge in [-0.15, -0.1) is 0 Å². The van der Waals surface area contributed by atoms with Gasteiger partial charge in [0.05, 0.1) is 24.4 Å². The summed E-state index contributed by atoms with van der Waals surface area (Å²) in [5.74, 6) is -0.856. The Kier molecular flexibility index (Phi) is 8.56. The molecule has 0 radical (unpaired) electrons. The van der Waals surface area contributed by atoms with Gasteiger partial charge in [0.15, 0.2) is 5.17 Å². The second-order valence-electron chi connectivity index (χ2n) is 7.93. The van der Waals surface area contributed by atoms with Crippen molar-refractivity contribution in [2.45, 2.75) is 25.1 Å². The number of hydrogen-bond acceptors (Lipinski definition) is 6. The van der Waals surface area contributed by atoms with Crippen LogP contribution >= 0.6 is 27.7 Å². The molecule has 0 aliphatic carbocycles. The number of hydrogen-bond donors (Lipinski definition) is 1. The van der Waals surface area contributed by atoms with E-state index in [2.05, 4.69) is 21.2 Å². The van der Waals surface area contributed by atoms with Crippen LogP contribution in [0.4, 0.5) is 11.4 Å². The third-order valence-electron chi connectivity index (χ3n) is 5.33. The number of carbonyl (C=O) groups is 3. The average Bonchev–Trinajstić information content (AvgIpc) is 2.88. The Balaban J connectivity index is 1.58. The molecule has 4 rings (SSSR count). The maximum Gasteiger partial charge on any atom is 0.338 e. The zero-order valence-electron chi connectivity index (χ0n) is 19.5. The summed E-state index contributed by atoms with van der Waals surface area (Å²) in [6.45, 7) is 2.38. The third-order valence-corrected chi connectivity index (χ3v) is 7.05. The smallest absolute Gasteiger partial charge is 0.338 e. The van der Waals surface area contributed by atoms with E-state index in [1.54, 1.807) is 48.2 Å². The lowest BCUT2D eigenvalue weighted by molar-refractivity contribution is -0.129. The predicted octanol–water partition coefficient (Wildman–Crippen LogP) is 5.79. The molecule has 1 fully saturated rings. The van der Waals surface area contributed by atoms with E-state index in [0.717, 1.165) is 10.0 Å². The summed E-state index contributed by atoms with van der Waals surface area (Å²) in [7, 11) is 0. The first-order chi connectivity index (χ1) is 17.4. The van der Waals surface area contributed by atoms with E-state index in [-0.39, 0.29) is 18.2 Å². The van der Waals surface area contributed by atoms with Gasteiger partial charge in [-0.25, -0.2) is 9.79 Å². The highest BCUT2D eigenvalue weighted by Crippen LogP contribution is 2.31. The van der Waals surface area contributed by atoms with Crippen molar-refractivity contribution in [2.75, 3.05) is 11.9 Å². The molecule has 1 atom stereocenters. The summed E-state index contributed by atoms with van der Waals surface area (Å²) >= 11 is 4.63. The Morgan fingerprint density at radius 3 is 2.42 bits per heavy atom. The van der Waals surface area contributed by atoms with Gasteiger partial charge in [0.1, 0.15) is 5.25 Å². The summed E-state index contributed by atoms with van der Waals surface area (Å²) in [4.78, 5) is 44.5. The van der Waals surface area contributed by atoms with Crippen LogP contribution < -0.4 is 5.32 Å². The van der Waals surface area contributed by atoms with Crippen LogP contribution in [0, 0.1) is 0 Å². The van der Waals surface area contributed by atoms with Crippen LogP contribution in [0.25, 0.3) is 0 Å². The van der Waals surface area contributed by atoms with Crippen molar-refractivity contribution in [2.24, 2.45) is 4.99 Å². The Morgan fingerprint density at radius 1 is 1.06 bits per heavy atom. The number of thioether (sulfide) groups is 1. The summed E-state index contributed by atoms with van der Waals surface area (Å²) in [5.41, 5.74) is 2.58. The second-order valence-corrected chi connectivity index (χ2v) is 10.0. The van der Waals surface area contributed by atoms with Crippen LogP contribution in [0.2, 0.25) is 0 Å². The summed E-state index contributed by atoms with van der Waals surface area (Å²) < 4.78 is 5.94. The van der Waals surface area contributed by atoms with Gasteiger partial charge in [-0.05, 0) is 61.0 Å². The lowest BCUT2D eigenvalue weighted by Gasteiger charge is -2.32. The summed E-state index contributed by atoms with van der Waals surface area (Å²) in [5, 5.41) is 2.67. The van der Waals surface area contributed by atoms with Gasteiger partial charge in [0.2, 0.25) is 11.8 Å². The highest BCUT2D eigenvalue weighted by atomic mass is 79.9. The molecule has 3 aromatic rings. The fraction of sp³-hybridized carbons (Fsp3) is 0.185. The molecule has 0 aromatic heterocycles. The van der Waals surface area contributed by atoms with Crippen LogP contribution in [0.3, 0.4) is 0 Å². The third kappa shape index (κ3) is 6.61. The van der Waals surface area contributed by atoms with Crippen LogP contribution in [0.15, 0.2) is 88.3 Å².